The van der Waals surface area contributed by atoms with Gasteiger partial charge >= 0.3 is 0 Å². The van der Waals surface area contributed by atoms with Gasteiger partial charge in [-0.2, -0.15) is 0 Å². The quantitative estimate of drug-likeness (QED) is 0.913. The Balaban J connectivity index is 1.63. The predicted molar refractivity (Wildman–Crippen MR) is 77.4 cm³/mol. The van der Waals surface area contributed by atoms with Gasteiger partial charge in [0, 0.05) is 17.6 Å². The summed E-state index contributed by atoms with van der Waals surface area (Å²) in [6.45, 7) is 2.15. The standard InChI is InChI=1S/C16H20N2O2/c1-11-9-13-5-2-3-8-14(13)18(11)15(19)10-17-16(20)12-6-4-7-12/h2-3,5,8,11-12H,4,6-7,9-10H2,1H3,(H,17,20). The highest BCUT2D eigenvalue weighted by atomic mass is 16.2. The van der Waals surface area contributed by atoms with E-state index in [4.69, 9.17) is 0 Å². The SMILES string of the molecule is CC1Cc2ccccc2N1C(=O)CNC(=O)C1CCC1. The van der Waals surface area contributed by atoms with Crippen LogP contribution in [0.1, 0.15) is 31.7 Å². The largest absolute Gasteiger partial charge is 0.347 e. The monoisotopic (exact) mass is 272 g/mol. The van der Waals surface area contributed by atoms with Gasteiger partial charge in [0.1, 0.15) is 0 Å². The number of carbonyl (C=O) groups excluding carboxylic acids is 2. The minimum absolute atomic E-state index is 0.0184. The zero-order valence-corrected chi connectivity index (χ0v) is 11.8. The van der Waals surface area contributed by atoms with Crippen LogP contribution in [0.5, 0.6) is 0 Å². The van der Waals surface area contributed by atoms with Gasteiger partial charge in [-0.15, -0.1) is 0 Å². The van der Waals surface area contributed by atoms with Crippen molar-refractivity contribution in [2.24, 2.45) is 5.92 Å². The van der Waals surface area contributed by atoms with Gasteiger partial charge in [-0.1, -0.05) is 24.6 Å². The smallest absolute Gasteiger partial charge is 0.246 e. The Morgan fingerprint density at radius 1 is 1.30 bits per heavy atom. The number of hydrogen-bond donors (Lipinski definition) is 1. The molecule has 1 aromatic carbocycles. The second kappa shape index (κ2) is 5.27. The maximum Gasteiger partial charge on any atom is 0.246 e. The summed E-state index contributed by atoms with van der Waals surface area (Å²) in [5.74, 6) is 0.144. The first-order chi connectivity index (χ1) is 9.66. The van der Waals surface area contributed by atoms with Crippen LogP contribution in [0.25, 0.3) is 0 Å². The van der Waals surface area contributed by atoms with Gasteiger partial charge in [0.15, 0.2) is 0 Å². The fraction of sp³-hybridized carbons (Fsp3) is 0.500. The first-order valence-electron chi connectivity index (χ1n) is 7.34. The Hall–Kier alpha value is -1.84. The lowest BCUT2D eigenvalue weighted by Gasteiger charge is -2.26. The molecule has 0 radical (unpaired) electrons. The summed E-state index contributed by atoms with van der Waals surface area (Å²) in [7, 11) is 0. The number of anilines is 1. The molecule has 1 aromatic rings. The molecule has 0 bridgehead atoms. The second-order valence-electron chi connectivity index (χ2n) is 5.79. The van der Waals surface area contributed by atoms with E-state index in [1.807, 2.05) is 30.0 Å². The summed E-state index contributed by atoms with van der Waals surface area (Å²) in [5.41, 5.74) is 2.20. The number of hydrogen-bond acceptors (Lipinski definition) is 2. The van der Waals surface area contributed by atoms with Crippen molar-refractivity contribution in [3.05, 3.63) is 29.8 Å². The third-order valence-electron chi connectivity index (χ3n) is 4.37. The Labute approximate surface area is 119 Å². The lowest BCUT2D eigenvalue weighted by molar-refractivity contribution is -0.129. The normalized spacial score (nSPS) is 21.2. The molecule has 2 aliphatic rings. The van der Waals surface area contributed by atoms with Crippen LogP contribution in [-0.2, 0) is 16.0 Å². The summed E-state index contributed by atoms with van der Waals surface area (Å²) in [5, 5.41) is 2.78. The molecular weight excluding hydrogens is 252 g/mol. The van der Waals surface area contributed by atoms with E-state index < -0.39 is 0 Å². The second-order valence-corrected chi connectivity index (χ2v) is 5.79. The van der Waals surface area contributed by atoms with Crippen molar-refractivity contribution < 1.29 is 9.59 Å². The molecule has 3 rings (SSSR count). The molecule has 4 nitrogen and oxygen atoms in total. The Bertz CT molecular complexity index is 537. The van der Waals surface area contributed by atoms with Crippen LogP contribution in [0.3, 0.4) is 0 Å². The molecule has 20 heavy (non-hydrogen) atoms. The van der Waals surface area contributed by atoms with Crippen LogP contribution in [0.15, 0.2) is 24.3 Å². The molecule has 1 aliphatic heterocycles. The average Bonchev–Trinajstić information content (AvgIpc) is 2.69. The average molecular weight is 272 g/mol. The lowest BCUT2D eigenvalue weighted by Crippen LogP contribution is -2.45. The van der Waals surface area contributed by atoms with Crippen molar-refractivity contribution in [2.75, 3.05) is 11.4 Å². The van der Waals surface area contributed by atoms with E-state index in [9.17, 15) is 9.59 Å². The van der Waals surface area contributed by atoms with Crippen LogP contribution in [0, 0.1) is 5.92 Å². The number of rotatable bonds is 3. The van der Waals surface area contributed by atoms with Crippen molar-refractivity contribution in [3.8, 4) is 0 Å². The molecular formula is C16H20N2O2. The molecule has 4 heteroatoms. The van der Waals surface area contributed by atoms with Gasteiger partial charge in [0.05, 0.1) is 6.54 Å². The van der Waals surface area contributed by atoms with Gasteiger partial charge < -0.3 is 10.2 Å². The minimum Gasteiger partial charge on any atom is -0.347 e. The number of fused-ring (bicyclic) bond motifs is 1. The molecule has 2 amide bonds. The fourth-order valence-electron chi connectivity index (χ4n) is 3.01. The van der Waals surface area contributed by atoms with E-state index >= 15 is 0 Å². The lowest BCUT2D eigenvalue weighted by atomic mass is 9.85. The van der Waals surface area contributed by atoms with Crippen molar-refractivity contribution in [1.82, 2.24) is 5.32 Å². The number of amides is 2. The van der Waals surface area contributed by atoms with E-state index in [1.165, 1.54) is 5.56 Å². The van der Waals surface area contributed by atoms with Crippen LogP contribution in [0.2, 0.25) is 0 Å². The summed E-state index contributed by atoms with van der Waals surface area (Å²) < 4.78 is 0. The first-order valence-corrected chi connectivity index (χ1v) is 7.34. The number of para-hydroxylation sites is 1. The number of carbonyl (C=O) groups is 2. The van der Waals surface area contributed by atoms with Crippen LogP contribution < -0.4 is 10.2 Å². The van der Waals surface area contributed by atoms with E-state index in [0.29, 0.717) is 0 Å². The zero-order valence-electron chi connectivity index (χ0n) is 11.8. The molecule has 1 heterocycles. The van der Waals surface area contributed by atoms with Gasteiger partial charge in [0.2, 0.25) is 11.8 Å². The third-order valence-corrected chi connectivity index (χ3v) is 4.37. The van der Waals surface area contributed by atoms with Crippen molar-refractivity contribution in [3.63, 3.8) is 0 Å². The first kappa shape index (κ1) is 13.2. The minimum atomic E-state index is -0.0184. The summed E-state index contributed by atoms with van der Waals surface area (Å²) in [6.07, 6.45) is 3.94. The molecule has 106 valence electrons. The summed E-state index contributed by atoms with van der Waals surface area (Å²) in [6, 6.07) is 8.15. The molecule has 1 saturated carbocycles. The van der Waals surface area contributed by atoms with Gasteiger partial charge in [0.25, 0.3) is 0 Å². The topological polar surface area (TPSA) is 49.4 Å². The molecule has 0 saturated heterocycles. The maximum atomic E-state index is 12.4. The number of nitrogens with zero attached hydrogens (tertiary/aromatic N) is 1. The van der Waals surface area contributed by atoms with Crippen molar-refractivity contribution >= 4 is 17.5 Å². The van der Waals surface area contributed by atoms with Crippen LogP contribution in [0.4, 0.5) is 5.69 Å². The Morgan fingerprint density at radius 2 is 2.05 bits per heavy atom. The van der Waals surface area contributed by atoms with E-state index in [-0.39, 0.29) is 30.3 Å². The molecule has 0 spiro atoms. The van der Waals surface area contributed by atoms with E-state index in [0.717, 1.165) is 31.4 Å². The zero-order chi connectivity index (χ0) is 14.1. The molecule has 1 atom stereocenters. The highest BCUT2D eigenvalue weighted by Gasteiger charge is 2.31. The molecule has 1 aliphatic carbocycles. The maximum absolute atomic E-state index is 12.4. The van der Waals surface area contributed by atoms with E-state index in [2.05, 4.69) is 11.4 Å². The highest BCUT2D eigenvalue weighted by molar-refractivity contribution is 5.99. The summed E-state index contributed by atoms with van der Waals surface area (Å²) in [4.78, 5) is 26.0. The van der Waals surface area contributed by atoms with Gasteiger partial charge in [-0.25, -0.2) is 0 Å². The predicted octanol–water partition coefficient (Wildman–Crippen LogP) is 1.88. The van der Waals surface area contributed by atoms with Crippen LogP contribution in [-0.4, -0.2) is 24.4 Å². The van der Waals surface area contributed by atoms with Gasteiger partial charge in [-0.05, 0) is 37.8 Å². The van der Waals surface area contributed by atoms with Crippen molar-refractivity contribution in [1.29, 1.82) is 0 Å². The Morgan fingerprint density at radius 3 is 2.75 bits per heavy atom. The van der Waals surface area contributed by atoms with Gasteiger partial charge in [-0.3, -0.25) is 9.59 Å². The van der Waals surface area contributed by atoms with E-state index in [1.54, 1.807) is 0 Å². The third kappa shape index (κ3) is 2.30. The highest BCUT2D eigenvalue weighted by Crippen LogP contribution is 2.31. The molecule has 1 N–H and O–H groups in total. The van der Waals surface area contributed by atoms with Crippen LogP contribution >= 0.6 is 0 Å². The molecule has 0 aromatic heterocycles. The summed E-state index contributed by atoms with van der Waals surface area (Å²) >= 11 is 0. The Kier molecular flexibility index (Phi) is 3.47. The number of nitrogens with one attached hydrogen (secondary N) is 1. The van der Waals surface area contributed by atoms with Crippen molar-refractivity contribution in [2.45, 2.75) is 38.6 Å². The number of benzene rings is 1. The molecule has 1 unspecified atom stereocenters. The molecule has 1 fully saturated rings. The fourth-order valence-corrected chi connectivity index (χ4v) is 3.01.